The molecule has 1 aliphatic rings. The predicted octanol–water partition coefficient (Wildman–Crippen LogP) is 3.29. The summed E-state index contributed by atoms with van der Waals surface area (Å²) < 4.78 is 23.0. The fourth-order valence-corrected chi connectivity index (χ4v) is 3.10. The third-order valence-electron chi connectivity index (χ3n) is 2.92. The first kappa shape index (κ1) is 12.6. The van der Waals surface area contributed by atoms with Gasteiger partial charge in [-0.2, -0.15) is 0 Å². The van der Waals surface area contributed by atoms with E-state index >= 15 is 0 Å². The highest BCUT2D eigenvalue weighted by Crippen LogP contribution is 2.33. The molecule has 1 atom stereocenters. The van der Waals surface area contributed by atoms with Crippen LogP contribution in [0, 0.1) is 5.92 Å². The molecule has 2 rings (SSSR count). The molecule has 0 saturated carbocycles. The summed E-state index contributed by atoms with van der Waals surface area (Å²) in [5.74, 6) is 0.522. The van der Waals surface area contributed by atoms with Gasteiger partial charge >= 0.3 is 0 Å². The zero-order valence-electron chi connectivity index (χ0n) is 9.56. The Hall–Kier alpha value is -0.870. The largest absolute Gasteiger partial charge is 0.263 e. The van der Waals surface area contributed by atoms with E-state index in [-0.39, 0.29) is 4.90 Å². The number of benzene rings is 1. The monoisotopic (exact) mass is 271 g/mol. The van der Waals surface area contributed by atoms with Gasteiger partial charge in [0.15, 0.2) is 0 Å². The lowest BCUT2D eigenvalue weighted by Gasteiger charge is -2.16. The maximum absolute atomic E-state index is 11.5. The summed E-state index contributed by atoms with van der Waals surface area (Å²) in [7, 11) is 1.69. The van der Waals surface area contributed by atoms with Crippen LogP contribution in [0.2, 0.25) is 0 Å². The Morgan fingerprint density at radius 2 is 2.18 bits per heavy atom. The summed E-state index contributed by atoms with van der Waals surface area (Å²) in [4.78, 5) is 4.37. The fourth-order valence-electron chi connectivity index (χ4n) is 2.07. The summed E-state index contributed by atoms with van der Waals surface area (Å²) in [5.41, 5.74) is 1.46. The van der Waals surface area contributed by atoms with Crippen LogP contribution in [0.4, 0.5) is 5.69 Å². The van der Waals surface area contributed by atoms with E-state index in [9.17, 15) is 8.42 Å². The SMILES string of the molecule is CC1CC/C=N\c2c(cccc2S(=O)(=O)Cl)C1. The minimum atomic E-state index is -3.73. The number of rotatable bonds is 1. The van der Waals surface area contributed by atoms with Crippen LogP contribution < -0.4 is 0 Å². The predicted molar refractivity (Wildman–Crippen MR) is 69.7 cm³/mol. The second-order valence-electron chi connectivity index (χ2n) is 4.40. The minimum Gasteiger partial charge on any atom is -0.260 e. The third-order valence-corrected chi connectivity index (χ3v) is 4.28. The Morgan fingerprint density at radius 1 is 1.41 bits per heavy atom. The second-order valence-corrected chi connectivity index (χ2v) is 6.93. The first-order valence-corrected chi connectivity index (χ1v) is 7.88. The van der Waals surface area contributed by atoms with Gasteiger partial charge in [0.25, 0.3) is 9.05 Å². The van der Waals surface area contributed by atoms with E-state index in [1.807, 2.05) is 6.07 Å². The molecule has 1 heterocycles. The van der Waals surface area contributed by atoms with Crippen molar-refractivity contribution in [2.45, 2.75) is 31.1 Å². The van der Waals surface area contributed by atoms with Crippen molar-refractivity contribution >= 4 is 31.6 Å². The van der Waals surface area contributed by atoms with Gasteiger partial charge in [0.2, 0.25) is 0 Å². The van der Waals surface area contributed by atoms with Crippen LogP contribution in [0.25, 0.3) is 0 Å². The Kier molecular flexibility index (Phi) is 3.54. The number of hydrogen-bond donors (Lipinski definition) is 0. The molecule has 3 nitrogen and oxygen atoms in total. The van der Waals surface area contributed by atoms with Gasteiger partial charge in [0, 0.05) is 16.9 Å². The third kappa shape index (κ3) is 2.87. The molecule has 0 radical (unpaired) electrons. The molecular formula is C12H14ClNO2S. The van der Waals surface area contributed by atoms with Crippen LogP contribution in [0.1, 0.15) is 25.3 Å². The summed E-state index contributed by atoms with van der Waals surface area (Å²) in [6.07, 6.45) is 4.56. The first-order valence-electron chi connectivity index (χ1n) is 5.57. The number of halogens is 1. The number of aliphatic imine (C=N–C) groups is 1. The molecule has 0 aliphatic carbocycles. The number of fused-ring (bicyclic) bond motifs is 1. The second kappa shape index (κ2) is 4.78. The van der Waals surface area contributed by atoms with Crippen LogP contribution in [0.5, 0.6) is 0 Å². The molecule has 0 N–H and O–H groups in total. The number of hydrogen-bond acceptors (Lipinski definition) is 3. The molecule has 0 spiro atoms. The van der Waals surface area contributed by atoms with Gasteiger partial charge in [-0.1, -0.05) is 19.1 Å². The van der Waals surface area contributed by atoms with Crippen LogP contribution in [0.3, 0.4) is 0 Å². The smallest absolute Gasteiger partial charge is 0.260 e. The zero-order valence-corrected chi connectivity index (χ0v) is 11.1. The van der Waals surface area contributed by atoms with Crippen molar-refractivity contribution in [2.75, 3.05) is 0 Å². The van der Waals surface area contributed by atoms with Gasteiger partial charge < -0.3 is 0 Å². The average molecular weight is 272 g/mol. The van der Waals surface area contributed by atoms with Crippen molar-refractivity contribution in [3.8, 4) is 0 Å². The molecule has 0 saturated heterocycles. The van der Waals surface area contributed by atoms with E-state index in [2.05, 4.69) is 11.9 Å². The summed E-state index contributed by atoms with van der Waals surface area (Å²) >= 11 is 0. The molecule has 1 aromatic carbocycles. The zero-order chi connectivity index (χ0) is 12.5. The van der Waals surface area contributed by atoms with Crippen molar-refractivity contribution < 1.29 is 8.42 Å². The molecule has 1 aromatic rings. The quantitative estimate of drug-likeness (QED) is 0.736. The van der Waals surface area contributed by atoms with E-state index in [0.717, 1.165) is 24.8 Å². The van der Waals surface area contributed by atoms with Gasteiger partial charge in [0.1, 0.15) is 4.90 Å². The molecule has 0 aromatic heterocycles. The van der Waals surface area contributed by atoms with Crippen molar-refractivity contribution in [2.24, 2.45) is 10.9 Å². The lowest BCUT2D eigenvalue weighted by Crippen LogP contribution is -2.04. The molecule has 0 bridgehead atoms. The Bertz CT molecular complexity index is 552. The maximum atomic E-state index is 11.5. The van der Waals surface area contributed by atoms with Crippen LogP contribution >= 0.6 is 10.7 Å². The molecule has 5 heteroatoms. The van der Waals surface area contributed by atoms with Gasteiger partial charge in [-0.05, 0) is 36.8 Å². The Morgan fingerprint density at radius 3 is 2.88 bits per heavy atom. The highest BCUT2D eigenvalue weighted by Gasteiger charge is 2.19. The summed E-state index contributed by atoms with van der Waals surface area (Å²) in [6, 6.07) is 5.14. The Balaban J connectivity index is 2.60. The molecule has 17 heavy (non-hydrogen) atoms. The van der Waals surface area contributed by atoms with Crippen molar-refractivity contribution in [1.82, 2.24) is 0 Å². The van der Waals surface area contributed by atoms with Crippen LogP contribution in [-0.4, -0.2) is 14.6 Å². The van der Waals surface area contributed by atoms with E-state index in [1.165, 1.54) is 6.07 Å². The van der Waals surface area contributed by atoms with E-state index in [1.54, 1.807) is 12.3 Å². The summed E-state index contributed by atoms with van der Waals surface area (Å²) in [5, 5.41) is 0. The molecule has 0 fully saturated rings. The van der Waals surface area contributed by atoms with E-state index < -0.39 is 9.05 Å². The van der Waals surface area contributed by atoms with E-state index in [4.69, 9.17) is 10.7 Å². The highest BCUT2D eigenvalue weighted by molar-refractivity contribution is 8.13. The lowest BCUT2D eigenvalue weighted by molar-refractivity contribution is 0.542. The molecule has 92 valence electrons. The minimum absolute atomic E-state index is 0.113. The number of para-hydroxylation sites is 1. The van der Waals surface area contributed by atoms with Gasteiger partial charge in [0.05, 0.1) is 5.69 Å². The van der Waals surface area contributed by atoms with Crippen molar-refractivity contribution in [1.29, 1.82) is 0 Å². The standard InChI is InChI=1S/C12H14ClNO2S/c1-9-4-3-7-14-12-10(8-9)5-2-6-11(12)17(13,15)16/h2,5-7,9H,3-4,8H2,1H3/b14-7-. The van der Waals surface area contributed by atoms with Crippen molar-refractivity contribution in [3.05, 3.63) is 23.8 Å². The molecule has 1 unspecified atom stereocenters. The lowest BCUT2D eigenvalue weighted by atomic mass is 9.95. The normalized spacial score (nSPS) is 22.4. The van der Waals surface area contributed by atoms with Gasteiger partial charge in [-0.15, -0.1) is 0 Å². The maximum Gasteiger partial charge on any atom is 0.263 e. The van der Waals surface area contributed by atoms with Crippen LogP contribution in [0.15, 0.2) is 28.1 Å². The van der Waals surface area contributed by atoms with Gasteiger partial charge in [-0.3, -0.25) is 4.99 Å². The van der Waals surface area contributed by atoms with Gasteiger partial charge in [-0.25, -0.2) is 8.42 Å². The summed E-state index contributed by atoms with van der Waals surface area (Å²) in [6.45, 7) is 2.16. The number of nitrogens with zero attached hydrogens (tertiary/aromatic N) is 1. The van der Waals surface area contributed by atoms with E-state index in [0.29, 0.717) is 11.6 Å². The fraction of sp³-hybridized carbons (Fsp3) is 0.417. The molecule has 1 aliphatic heterocycles. The first-order chi connectivity index (χ1) is 7.98. The molecule has 0 amide bonds. The highest BCUT2D eigenvalue weighted by atomic mass is 35.7. The Labute approximate surface area is 106 Å². The van der Waals surface area contributed by atoms with Crippen LogP contribution in [-0.2, 0) is 15.5 Å². The molecular weight excluding hydrogens is 258 g/mol. The van der Waals surface area contributed by atoms with Crippen molar-refractivity contribution in [3.63, 3.8) is 0 Å². The average Bonchev–Trinajstić information content (AvgIpc) is 2.21. The topological polar surface area (TPSA) is 46.5 Å².